The molecule has 2 aromatic carbocycles. The number of hydrogen-bond acceptors (Lipinski definition) is 2. The third-order valence-electron chi connectivity index (χ3n) is 4.01. The van der Waals surface area contributed by atoms with E-state index in [2.05, 4.69) is 4.72 Å². The summed E-state index contributed by atoms with van der Waals surface area (Å²) >= 11 is 0. The molecule has 7 heteroatoms. The molecule has 1 N–H and O–H groups in total. The van der Waals surface area contributed by atoms with Crippen LogP contribution in [-0.2, 0) is 16.2 Å². The topological polar surface area (TPSA) is 46.2 Å². The molecule has 24 heavy (non-hydrogen) atoms. The van der Waals surface area contributed by atoms with Gasteiger partial charge in [-0.15, -0.1) is 0 Å². The maximum absolute atomic E-state index is 12.8. The molecule has 0 spiro atoms. The van der Waals surface area contributed by atoms with Crippen molar-refractivity contribution in [1.82, 2.24) is 4.72 Å². The zero-order valence-electron chi connectivity index (χ0n) is 12.6. The van der Waals surface area contributed by atoms with Gasteiger partial charge in [-0.3, -0.25) is 0 Å². The van der Waals surface area contributed by atoms with Crippen LogP contribution in [0.15, 0.2) is 59.5 Å². The van der Waals surface area contributed by atoms with Crippen molar-refractivity contribution in [3.05, 3.63) is 65.7 Å². The molecular weight excluding hydrogens is 339 g/mol. The van der Waals surface area contributed by atoms with Gasteiger partial charge in [-0.25, -0.2) is 13.1 Å². The average molecular weight is 355 g/mol. The van der Waals surface area contributed by atoms with Crippen LogP contribution in [-0.4, -0.2) is 8.42 Å². The first-order valence-electron chi connectivity index (χ1n) is 7.52. The van der Waals surface area contributed by atoms with E-state index in [9.17, 15) is 21.6 Å². The van der Waals surface area contributed by atoms with E-state index in [1.807, 2.05) is 30.3 Å². The summed E-state index contributed by atoms with van der Waals surface area (Å²) in [5.74, 6) is 0.174. The fourth-order valence-electron chi connectivity index (χ4n) is 2.60. The minimum absolute atomic E-state index is 0.174. The molecular formula is C17H16F3NO2S. The summed E-state index contributed by atoms with van der Waals surface area (Å²) in [6, 6.07) is 12.5. The number of nitrogens with one attached hydrogen (secondary N) is 1. The Morgan fingerprint density at radius 2 is 1.67 bits per heavy atom. The molecule has 0 saturated heterocycles. The van der Waals surface area contributed by atoms with Crippen molar-refractivity contribution < 1.29 is 21.6 Å². The van der Waals surface area contributed by atoms with Crippen molar-refractivity contribution in [2.75, 3.05) is 0 Å². The third-order valence-corrected chi connectivity index (χ3v) is 5.44. The van der Waals surface area contributed by atoms with Gasteiger partial charge in [-0.2, -0.15) is 13.2 Å². The highest BCUT2D eigenvalue weighted by Crippen LogP contribution is 2.41. The molecule has 1 saturated carbocycles. The Morgan fingerprint density at radius 3 is 2.25 bits per heavy atom. The second-order valence-corrected chi connectivity index (χ2v) is 7.59. The Bertz CT molecular complexity index is 815. The molecule has 3 nitrogen and oxygen atoms in total. The van der Waals surface area contributed by atoms with Crippen LogP contribution >= 0.6 is 0 Å². The number of hydrogen-bond donors (Lipinski definition) is 1. The molecule has 1 atom stereocenters. The predicted molar refractivity (Wildman–Crippen MR) is 83.7 cm³/mol. The highest BCUT2D eigenvalue weighted by Gasteiger charge is 2.36. The molecule has 1 fully saturated rings. The van der Waals surface area contributed by atoms with Crippen LogP contribution in [0.2, 0.25) is 0 Å². The maximum atomic E-state index is 12.8. The standard InChI is InChI=1S/C17H16F3NO2S/c18-17(19,20)14-7-4-8-15(11-14)24(22,23)21-16(13-9-10-13)12-5-2-1-3-6-12/h1-8,11,13,16,21H,9-10H2. The zero-order chi connectivity index (χ0) is 17.4. The van der Waals surface area contributed by atoms with E-state index in [0.29, 0.717) is 6.07 Å². The molecule has 0 bridgehead atoms. The predicted octanol–water partition coefficient (Wildman–Crippen LogP) is 4.14. The zero-order valence-corrected chi connectivity index (χ0v) is 13.4. The first-order chi connectivity index (χ1) is 11.3. The summed E-state index contributed by atoms with van der Waals surface area (Å²) in [6.45, 7) is 0. The van der Waals surface area contributed by atoms with Crippen LogP contribution in [0.25, 0.3) is 0 Å². The SMILES string of the molecule is O=S(=O)(NC(c1ccccc1)C1CC1)c1cccc(C(F)(F)F)c1. The highest BCUT2D eigenvalue weighted by atomic mass is 32.2. The minimum Gasteiger partial charge on any atom is -0.207 e. The molecule has 0 amide bonds. The summed E-state index contributed by atoms with van der Waals surface area (Å²) in [5.41, 5.74) is -0.163. The normalized spacial score (nSPS) is 16.8. The molecule has 0 heterocycles. The van der Waals surface area contributed by atoms with Gasteiger partial charge < -0.3 is 0 Å². The maximum Gasteiger partial charge on any atom is 0.416 e. The van der Waals surface area contributed by atoms with Crippen LogP contribution in [0.5, 0.6) is 0 Å². The Morgan fingerprint density at radius 1 is 1.00 bits per heavy atom. The number of benzene rings is 2. The van der Waals surface area contributed by atoms with Gasteiger partial charge in [0, 0.05) is 6.04 Å². The quantitative estimate of drug-likeness (QED) is 0.876. The van der Waals surface area contributed by atoms with Crippen LogP contribution < -0.4 is 4.72 Å². The van der Waals surface area contributed by atoms with Crippen molar-refractivity contribution in [2.45, 2.75) is 30.0 Å². The van der Waals surface area contributed by atoms with Crippen LogP contribution in [0.1, 0.15) is 30.0 Å². The molecule has 2 aromatic rings. The van der Waals surface area contributed by atoms with Gasteiger partial charge in [0.25, 0.3) is 0 Å². The fourth-order valence-corrected chi connectivity index (χ4v) is 3.94. The average Bonchev–Trinajstić information content (AvgIpc) is 3.38. The second-order valence-electron chi connectivity index (χ2n) is 5.87. The van der Waals surface area contributed by atoms with Gasteiger partial charge in [0.2, 0.25) is 10.0 Å². The van der Waals surface area contributed by atoms with Crippen molar-refractivity contribution in [2.24, 2.45) is 5.92 Å². The van der Waals surface area contributed by atoms with E-state index in [0.717, 1.165) is 30.5 Å². The molecule has 1 aliphatic rings. The van der Waals surface area contributed by atoms with E-state index < -0.39 is 27.8 Å². The molecule has 3 rings (SSSR count). The lowest BCUT2D eigenvalue weighted by atomic mass is 10.0. The summed E-state index contributed by atoms with van der Waals surface area (Å²) in [6.07, 6.45) is -2.80. The number of rotatable bonds is 5. The Balaban J connectivity index is 1.90. The summed E-state index contributed by atoms with van der Waals surface area (Å²) in [7, 11) is -4.05. The minimum atomic E-state index is -4.58. The van der Waals surface area contributed by atoms with E-state index in [-0.39, 0.29) is 10.8 Å². The number of sulfonamides is 1. The Labute approximate surface area is 138 Å². The van der Waals surface area contributed by atoms with Gasteiger partial charge in [-0.05, 0) is 42.5 Å². The van der Waals surface area contributed by atoms with Gasteiger partial charge >= 0.3 is 6.18 Å². The largest absolute Gasteiger partial charge is 0.416 e. The molecule has 128 valence electrons. The lowest BCUT2D eigenvalue weighted by Gasteiger charge is -2.19. The summed E-state index contributed by atoms with van der Waals surface area (Å²) in [5, 5.41) is 0. The van der Waals surface area contributed by atoms with Gasteiger partial charge in [0.1, 0.15) is 0 Å². The third kappa shape index (κ3) is 3.79. The monoisotopic (exact) mass is 355 g/mol. The Kier molecular flexibility index (Phi) is 4.40. The van der Waals surface area contributed by atoms with Crippen molar-refractivity contribution in [3.63, 3.8) is 0 Å². The van der Waals surface area contributed by atoms with Crippen LogP contribution in [0, 0.1) is 5.92 Å². The number of halogens is 3. The van der Waals surface area contributed by atoms with Crippen molar-refractivity contribution in [1.29, 1.82) is 0 Å². The van der Waals surface area contributed by atoms with Gasteiger partial charge in [0.05, 0.1) is 10.5 Å². The van der Waals surface area contributed by atoms with E-state index in [1.54, 1.807) is 0 Å². The van der Waals surface area contributed by atoms with Gasteiger partial charge in [-0.1, -0.05) is 36.4 Å². The molecule has 1 unspecified atom stereocenters. The lowest BCUT2D eigenvalue weighted by molar-refractivity contribution is -0.137. The van der Waals surface area contributed by atoms with Crippen LogP contribution in [0.3, 0.4) is 0 Å². The molecule has 0 radical (unpaired) electrons. The fraction of sp³-hybridized carbons (Fsp3) is 0.294. The van der Waals surface area contributed by atoms with Crippen molar-refractivity contribution in [3.8, 4) is 0 Å². The lowest BCUT2D eigenvalue weighted by Crippen LogP contribution is -2.30. The van der Waals surface area contributed by atoms with Crippen LogP contribution in [0.4, 0.5) is 13.2 Å². The second kappa shape index (κ2) is 6.22. The summed E-state index contributed by atoms with van der Waals surface area (Å²) in [4.78, 5) is -0.376. The number of alkyl halides is 3. The highest BCUT2D eigenvalue weighted by molar-refractivity contribution is 7.89. The molecule has 0 aromatic heterocycles. The molecule has 1 aliphatic carbocycles. The first kappa shape index (κ1) is 17.0. The summed E-state index contributed by atoms with van der Waals surface area (Å²) < 4.78 is 66.1. The van der Waals surface area contributed by atoms with E-state index >= 15 is 0 Å². The molecule has 0 aliphatic heterocycles. The van der Waals surface area contributed by atoms with Gasteiger partial charge in [0.15, 0.2) is 0 Å². The van der Waals surface area contributed by atoms with E-state index in [1.165, 1.54) is 6.07 Å². The first-order valence-corrected chi connectivity index (χ1v) is 9.00. The smallest absolute Gasteiger partial charge is 0.207 e. The van der Waals surface area contributed by atoms with E-state index in [4.69, 9.17) is 0 Å². The Hall–Kier alpha value is -1.86. The van der Waals surface area contributed by atoms with Crippen molar-refractivity contribution >= 4 is 10.0 Å².